The zero-order valence-electron chi connectivity index (χ0n) is 10.7. The number of carbonyl (C=O) groups excluding carboxylic acids is 1. The highest BCUT2D eigenvalue weighted by atomic mass is 79.9. The summed E-state index contributed by atoms with van der Waals surface area (Å²) in [6.07, 6.45) is 1.16. The maximum absolute atomic E-state index is 11.7. The number of benzene rings is 1. The Balaban J connectivity index is 2.50. The molecule has 0 spiro atoms. The molecule has 1 aromatic rings. The van der Waals surface area contributed by atoms with E-state index in [-0.39, 0.29) is 5.91 Å². The average Bonchev–Trinajstić information content (AvgIpc) is 2.35. The van der Waals surface area contributed by atoms with Crippen molar-refractivity contribution < 1.29 is 14.3 Å². The van der Waals surface area contributed by atoms with E-state index in [1.807, 2.05) is 19.1 Å². The van der Waals surface area contributed by atoms with Crippen LogP contribution in [0, 0.1) is 0 Å². The Kier molecular flexibility index (Phi) is 6.75. The molecule has 1 rings (SSSR count). The first-order chi connectivity index (χ1) is 8.67. The topological polar surface area (TPSA) is 47.6 Å². The molecule has 1 N–H and O–H groups in total. The van der Waals surface area contributed by atoms with Crippen molar-refractivity contribution in [3.8, 4) is 5.75 Å². The summed E-state index contributed by atoms with van der Waals surface area (Å²) in [7, 11) is 1.58. The first-order valence-electron chi connectivity index (χ1n) is 5.88. The lowest BCUT2D eigenvalue weighted by Gasteiger charge is -2.10. The minimum Gasteiger partial charge on any atom is -0.495 e. The van der Waals surface area contributed by atoms with Gasteiger partial charge in [-0.1, -0.05) is 15.9 Å². The predicted octanol–water partition coefficient (Wildman–Crippen LogP) is 3.21. The Bertz CT molecular complexity index is 396. The Morgan fingerprint density at radius 3 is 2.89 bits per heavy atom. The summed E-state index contributed by atoms with van der Waals surface area (Å²) >= 11 is 3.36. The van der Waals surface area contributed by atoms with Gasteiger partial charge in [-0.2, -0.15) is 0 Å². The van der Waals surface area contributed by atoms with Crippen molar-refractivity contribution in [2.75, 3.05) is 25.6 Å². The SMILES string of the molecule is CCOCCCC(=O)Nc1cc(Br)ccc1OC. The monoisotopic (exact) mass is 315 g/mol. The van der Waals surface area contributed by atoms with Crippen LogP contribution in [0.4, 0.5) is 5.69 Å². The summed E-state index contributed by atoms with van der Waals surface area (Å²) in [6.45, 7) is 3.23. The van der Waals surface area contributed by atoms with Crippen LogP contribution >= 0.6 is 15.9 Å². The van der Waals surface area contributed by atoms with Gasteiger partial charge in [-0.15, -0.1) is 0 Å². The molecule has 0 aromatic heterocycles. The summed E-state index contributed by atoms with van der Waals surface area (Å²) in [6, 6.07) is 5.49. The maximum atomic E-state index is 11.7. The van der Waals surface area contributed by atoms with Gasteiger partial charge in [0.05, 0.1) is 12.8 Å². The van der Waals surface area contributed by atoms with Crippen molar-refractivity contribution >= 4 is 27.5 Å². The molecule has 0 aliphatic rings. The average molecular weight is 316 g/mol. The van der Waals surface area contributed by atoms with Crippen LogP contribution < -0.4 is 10.1 Å². The molecule has 0 aliphatic carbocycles. The second-order valence-corrected chi connectivity index (χ2v) is 4.61. The molecule has 0 aliphatic heterocycles. The van der Waals surface area contributed by atoms with Crippen LogP contribution in [-0.2, 0) is 9.53 Å². The van der Waals surface area contributed by atoms with Crippen LogP contribution in [0.3, 0.4) is 0 Å². The first-order valence-corrected chi connectivity index (χ1v) is 6.67. The largest absolute Gasteiger partial charge is 0.495 e. The predicted molar refractivity (Wildman–Crippen MR) is 75.1 cm³/mol. The highest BCUT2D eigenvalue weighted by Gasteiger charge is 2.07. The van der Waals surface area contributed by atoms with Gasteiger partial charge < -0.3 is 14.8 Å². The molecule has 5 heteroatoms. The summed E-state index contributed by atoms with van der Waals surface area (Å²) in [5, 5.41) is 2.83. The van der Waals surface area contributed by atoms with Crippen molar-refractivity contribution in [1.82, 2.24) is 0 Å². The first kappa shape index (κ1) is 15.0. The van der Waals surface area contributed by atoms with Crippen molar-refractivity contribution in [3.05, 3.63) is 22.7 Å². The molecule has 100 valence electrons. The van der Waals surface area contributed by atoms with Gasteiger partial charge in [0, 0.05) is 24.1 Å². The number of amides is 1. The van der Waals surface area contributed by atoms with E-state index in [4.69, 9.17) is 9.47 Å². The number of rotatable bonds is 7. The molecule has 0 unspecified atom stereocenters. The summed E-state index contributed by atoms with van der Waals surface area (Å²) < 4.78 is 11.3. The van der Waals surface area contributed by atoms with Gasteiger partial charge in [-0.25, -0.2) is 0 Å². The van der Waals surface area contributed by atoms with Gasteiger partial charge in [-0.05, 0) is 31.5 Å². The number of anilines is 1. The van der Waals surface area contributed by atoms with Gasteiger partial charge in [0.2, 0.25) is 5.91 Å². The van der Waals surface area contributed by atoms with Crippen molar-refractivity contribution in [2.45, 2.75) is 19.8 Å². The molecule has 0 atom stereocenters. The number of nitrogens with one attached hydrogen (secondary N) is 1. The number of halogens is 1. The van der Waals surface area contributed by atoms with Gasteiger partial charge in [0.15, 0.2) is 0 Å². The number of ether oxygens (including phenoxy) is 2. The molecule has 0 radical (unpaired) electrons. The maximum Gasteiger partial charge on any atom is 0.224 e. The van der Waals surface area contributed by atoms with E-state index in [1.165, 1.54) is 0 Å². The van der Waals surface area contributed by atoms with Gasteiger partial charge in [-0.3, -0.25) is 4.79 Å². The lowest BCUT2D eigenvalue weighted by atomic mass is 10.2. The third-order valence-electron chi connectivity index (χ3n) is 2.33. The van der Waals surface area contributed by atoms with E-state index >= 15 is 0 Å². The fourth-order valence-electron chi connectivity index (χ4n) is 1.47. The van der Waals surface area contributed by atoms with Crippen molar-refractivity contribution in [1.29, 1.82) is 0 Å². The van der Waals surface area contributed by atoms with Crippen LogP contribution in [-0.4, -0.2) is 26.2 Å². The quantitative estimate of drug-likeness (QED) is 0.786. The second kappa shape index (κ2) is 8.11. The summed E-state index contributed by atoms with van der Waals surface area (Å²) in [5.41, 5.74) is 0.674. The van der Waals surface area contributed by atoms with E-state index in [2.05, 4.69) is 21.2 Å². The Labute approximate surface area is 116 Å². The highest BCUT2D eigenvalue weighted by Crippen LogP contribution is 2.27. The number of hydrogen-bond acceptors (Lipinski definition) is 3. The van der Waals surface area contributed by atoms with Crippen LogP contribution in [0.25, 0.3) is 0 Å². The molecule has 18 heavy (non-hydrogen) atoms. The molecule has 0 heterocycles. The lowest BCUT2D eigenvalue weighted by molar-refractivity contribution is -0.116. The zero-order valence-corrected chi connectivity index (χ0v) is 12.2. The minimum atomic E-state index is -0.0360. The standard InChI is InChI=1S/C13H18BrNO3/c1-3-18-8-4-5-13(16)15-11-9-10(14)6-7-12(11)17-2/h6-7,9H,3-5,8H2,1-2H3,(H,15,16). The van der Waals surface area contributed by atoms with E-state index < -0.39 is 0 Å². The van der Waals surface area contributed by atoms with Crippen LogP contribution in [0.5, 0.6) is 5.75 Å². The highest BCUT2D eigenvalue weighted by molar-refractivity contribution is 9.10. The summed E-state index contributed by atoms with van der Waals surface area (Å²) in [5.74, 6) is 0.613. The van der Waals surface area contributed by atoms with Crippen LogP contribution in [0.15, 0.2) is 22.7 Å². The number of hydrogen-bond donors (Lipinski definition) is 1. The number of methoxy groups -OCH3 is 1. The molecule has 0 saturated carbocycles. The third kappa shape index (κ3) is 5.06. The molecule has 0 bridgehead atoms. The van der Waals surface area contributed by atoms with E-state index in [9.17, 15) is 4.79 Å². The van der Waals surface area contributed by atoms with Crippen LogP contribution in [0.2, 0.25) is 0 Å². The molecule has 4 nitrogen and oxygen atoms in total. The van der Waals surface area contributed by atoms with E-state index in [1.54, 1.807) is 13.2 Å². The molecule has 0 fully saturated rings. The third-order valence-corrected chi connectivity index (χ3v) is 2.83. The normalized spacial score (nSPS) is 10.2. The number of carbonyl (C=O) groups is 1. The Morgan fingerprint density at radius 2 is 2.22 bits per heavy atom. The van der Waals surface area contributed by atoms with E-state index in [0.29, 0.717) is 31.1 Å². The zero-order chi connectivity index (χ0) is 13.4. The molecular formula is C13H18BrNO3. The van der Waals surface area contributed by atoms with Gasteiger partial charge >= 0.3 is 0 Å². The molecule has 1 aromatic carbocycles. The minimum absolute atomic E-state index is 0.0360. The lowest BCUT2D eigenvalue weighted by Crippen LogP contribution is -2.13. The second-order valence-electron chi connectivity index (χ2n) is 3.69. The summed E-state index contributed by atoms with van der Waals surface area (Å²) in [4.78, 5) is 11.7. The van der Waals surface area contributed by atoms with Gasteiger partial charge in [0.1, 0.15) is 5.75 Å². The van der Waals surface area contributed by atoms with Crippen molar-refractivity contribution in [2.24, 2.45) is 0 Å². The van der Waals surface area contributed by atoms with Gasteiger partial charge in [0.25, 0.3) is 0 Å². The molecule has 1 amide bonds. The Hall–Kier alpha value is -1.07. The van der Waals surface area contributed by atoms with Crippen LogP contribution in [0.1, 0.15) is 19.8 Å². The smallest absolute Gasteiger partial charge is 0.224 e. The molecule has 0 saturated heterocycles. The fourth-order valence-corrected chi connectivity index (χ4v) is 1.83. The van der Waals surface area contributed by atoms with Crippen molar-refractivity contribution in [3.63, 3.8) is 0 Å². The Morgan fingerprint density at radius 1 is 1.44 bits per heavy atom. The van der Waals surface area contributed by atoms with E-state index in [0.717, 1.165) is 10.9 Å². The fraction of sp³-hybridized carbons (Fsp3) is 0.462. The molecular weight excluding hydrogens is 298 g/mol.